The average molecular weight is 404 g/mol. The number of sulfonamides is 1. The number of fused-ring (bicyclic) bond motifs is 1. The Morgan fingerprint density at radius 1 is 1.07 bits per heavy atom. The summed E-state index contributed by atoms with van der Waals surface area (Å²) < 4.78 is 37.7. The molecule has 0 aliphatic carbocycles. The second kappa shape index (κ2) is 8.62. The van der Waals surface area contributed by atoms with Crippen LogP contribution in [0.1, 0.15) is 25.0 Å². The first-order valence-corrected chi connectivity index (χ1v) is 10.7. The Morgan fingerprint density at radius 2 is 1.71 bits per heavy atom. The molecule has 0 bridgehead atoms. The molecular formula is C20H24N2O5S. The van der Waals surface area contributed by atoms with E-state index >= 15 is 0 Å². The Kier molecular flexibility index (Phi) is 6.21. The van der Waals surface area contributed by atoms with Gasteiger partial charge in [-0.15, -0.1) is 0 Å². The van der Waals surface area contributed by atoms with Gasteiger partial charge in [0.15, 0.2) is 11.5 Å². The van der Waals surface area contributed by atoms with E-state index in [1.807, 2.05) is 12.1 Å². The van der Waals surface area contributed by atoms with Crippen molar-refractivity contribution in [2.24, 2.45) is 0 Å². The zero-order valence-electron chi connectivity index (χ0n) is 15.8. The number of carbonyl (C=O) groups is 1. The number of ether oxygens (including phenoxy) is 2. The van der Waals surface area contributed by atoms with Crippen molar-refractivity contribution < 1.29 is 22.7 Å². The lowest BCUT2D eigenvalue weighted by Gasteiger charge is -2.25. The number of nitrogens with one attached hydrogen (secondary N) is 2. The van der Waals surface area contributed by atoms with Gasteiger partial charge >= 0.3 is 0 Å². The van der Waals surface area contributed by atoms with Crippen LogP contribution in [-0.4, -0.2) is 33.1 Å². The lowest BCUT2D eigenvalue weighted by molar-refractivity contribution is -0.130. The maximum absolute atomic E-state index is 12.3. The average Bonchev–Trinajstić information content (AvgIpc) is 2.65. The first kappa shape index (κ1) is 20.2. The fraction of sp³-hybridized carbons (Fsp3) is 0.350. The maximum atomic E-state index is 12.3. The summed E-state index contributed by atoms with van der Waals surface area (Å²) in [6, 6.07) is 14.2. The van der Waals surface area contributed by atoms with E-state index in [-0.39, 0.29) is 24.3 Å². The van der Waals surface area contributed by atoms with Crippen molar-refractivity contribution >= 4 is 15.9 Å². The summed E-state index contributed by atoms with van der Waals surface area (Å²) in [4.78, 5) is 12.3. The van der Waals surface area contributed by atoms with E-state index in [1.165, 1.54) is 0 Å². The summed E-state index contributed by atoms with van der Waals surface area (Å²) in [5.41, 5.74) is 1.55. The molecule has 3 rings (SSSR count). The van der Waals surface area contributed by atoms with Gasteiger partial charge < -0.3 is 14.8 Å². The molecule has 28 heavy (non-hydrogen) atoms. The predicted octanol–water partition coefficient (Wildman–Crippen LogP) is 1.97. The zero-order chi connectivity index (χ0) is 20.1. The van der Waals surface area contributed by atoms with Crippen molar-refractivity contribution in [3.63, 3.8) is 0 Å². The summed E-state index contributed by atoms with van der Waals surface area (Å²) in [6.45, 7) is 4.03. The highest BCUT2D eigenvalue weighted by Crippen LogP contribution is 2.30. The molecule has 1 amide bonds. The third-order valence-corrected chi connectivity index (χ3v) is 5.61. The molecule has 0 aromatic heterocycles. The Bertz CT molecular complexity index is 926. The first-order valence-electron chi connectivity index (χ1n) is 9.06. The highest BCUT2D eigenvalue weighted by atomic mass is 32.2. The van der Waals surface area contributed by atoms with Gasteiger partial charge in [0.25, 0.3) is 5.91 Å². The Labute approximate surface area is 165 Å². The van der Waals surface area contributed by atoms with Crippen molar-refractivity contribution in [3.8, 4) is 11.5 Å². The zero-order valence-corrected chi connectivity index (χ0v) is 16.7. The molecule has 2 aromatic carbocycles. The summed E-state index contributed by atoms with van der Waals surface area (Å²) in [5.74, 6) is 0.839. The van der Waals surface area contributed by atoms with Gasteiger partial charge in [-0.3, -0.25) is 4.79 Å². The molecule has 0 radical (unpaired) electrons. The molecule has 1 aliphatic rings. The van der Waals surface area contributed by atoms with E-state index in [0.29, 0.717) is 23.6 Å². The first-order chi connectivity index (χ1) is 13.3. The lowest BCUT2D eigenvalue weighted by Crippen LogP contribution is -2.43. The molecule has 1 unspecified atom stereocenters. The van der Waals surface area contributed by atoms with Gasteiger partial charge in [-0.2, -0.15) is 0 Å². The van der Waals surface area contributed by atoms with E-state index in [9.17, 15) is 13.2 Å². The summed E-state index contributed by atoms with van der Waals surface area (Å²) in [7, 11) is -3.36. The molecule has 0 spiro atoms. The molecule has 1 aliphatic heterocycles. The molecule has 1 atom stereocenters. The molecule has 150 valence electrons. The third kappa shape index (κ3) is 5.46. The molecular weight excluding hydrogens is 380 g/mol. The molecule has 2 aromatic rings. The normalized spacial score (nSPS) is 16.0. The quantitative estimate of drug-likeness (QED) is 0.736. The van der Waals surface area contributed by atoms with Gasteiger partial charge in [-0.25, -0.2) is 13.1 Å². The number of hydrogen-bond acceptors (Lipinski definition) is 5. The van der Waals surface area contributed by atoms with Gasteiger partial charge in [0, 0.05) is 12.6 Å². The highest BCUT2D eigenvalue weighted by Gasteiger charge is 2.26. The van der Waals surface area contributed by atoms with E-state index in [1.54, 1.807) is 50.2 Å². The Balaban J connectivity index is 1.52. The van der Waals surface area contributed by atoms with Crippen LogP contribution < -0.4 is 19.5 Å². The van der Waals surface area contributed by atoms with Crippen molar-refractivity contribution in [3.05, 3.63) is 59.7 Å². The van der Waals surface area contributed by atoms with E-state index in [4.69, 9.17) is 9.47 Å². The number of carbonyl (C=O) groups excluding carboxylic acids is 1. The van der Waals surface area contributed by atoms with Gasteiger partial charge in [0.1, 0.15) is 6.61 Å². The number of benzene rings is 2. The van der Waals surface area contributed by atoms with Gasteiger partial charge in [-0.1, -0.05) is 36.4 Å². The van der Waals surface area contributed by atoms with Crippen LogP contribution in [0, 0.1) is 0 Å². The monoisotopic (exact) mass is 404 g/mol. The van der Waals surface area contributed by atoms with Crippen molar-refractivity contribution in [1.82, 2.24) is 10.0 Å². The SMILES string of the molecule is CC(C)NS(=O)(=O)Cc1ccc(CNC(=O)C2COc3ccccc3O2)cc1. The minimum Gasteiger partial charge on any atom is -0.485 e. The topological polar surface area (TPSA) is 93.7 Å². The van der Waals surface area contributed by atoms with Crippen LogP contribution in [0.25, 0.3) is 0 Å². The third-order valence-electron chi connectivity index (χ3n) is 4.06. The molecule has 0 saturated heterocycles. The maximum Gasteiger partial charge on any atom is 0.264 e. The molecule has 0 fully saturated rings. The standard InChI is InChI=1S/C20H24N2O5S/c1-14(2)22-28(24,25)13-16-9-7-15(8-10-16)11-21-20(23)19-12-26-17-5-3-4-6-18(17)27-19/h3-10,14,19,22H,11-13H2,1-2H3,(H,21,23). The number of para-hydroxylation sites is 2. The summed E-state index contributed by atoms with van der Waals surface area (Å²) in [5, 5.41) is 2.82. The molecule has 0 saturated carbocycles. The molecule has 1 heterocycles. The van der Waals surface area contributed by atoms with E-state index in [2.05, 4.69) is 10.0 Å². The van der Waals surface area contributed by atoms with Crippen LogP contribution >= 0.6 is 0 Å². The molecule has 2 N–H and O–H groups in total. The highest BCUT2D eigenvalue weighted by molar-refractivity contribution is 7.88. The van der Waals surface area contributed by atoms with E-state index in [0.717, 1.165) is 5.56 Å². The molecule has 7 nitrogen and oxygen atoms in total. The van der Waals surface area contributed by atoms with Crippen LogP contribution in [0.2, 0.25) is 0 Å². The Hall–Kier alpha value is -2.58. The van der Waals surface area contributed by atoms with Crippen LogP contribution in [0.5, 0.6) is 11.5 Å². The Morgan fingerprint density at radius 3 is 2.39 bits per heavy atom. The fourth-order valence-corrected chi connectivity index (χ4v) is 4.26. The fourth-order valence-electron chi connectivity index (χ4n) is 2.83. The number of rotatable bonds is 7. The minimum absolute atomic E-state index is 0.0789. The van der Waals surface area contributed by atoms with Crippen LogP contribution in [0.15, 0.2) is 48.5 Å². The second-order valence-electron chi connectivity index (χ2n) is 6.93. The van der Waals surface area contributed by atoms with Gasteiger partial charge in [-0.05, 0) is 37.1 Å². The number of amides is 1. The van der Waals surface area contributed by atoms with Crippen LogP contribution in [-0.2, 0) is 27.1 Å². The lowest BCUT2D eigenvalue weighted by atomic mass is 10.1. The minimum atomic E-state index is -3.36. The largest absolute Gasteiger partial charge is 0.485 e. The van der Waals surface area contributed by atoms with Crippen LogP contribution in [0.3, 0.4) is 0 Å². The summed E-state index contributed by atoms with van der Waals surface area (Å²) in [6.07, 6.45) is -0.707. The number of hydrogen-bond donors (Lipinski definition) is 2. The van der Waals surface area contributed by atoms with Crippen LogP contribution in [0.4, 0.5) is 0 Å². The predicted molar refractivity (Wildman–Crippen MR) is 106 cm³/mol. The summed E-state index contributed by atoms with van der Waals surface area (Å²) >= 11 is 0. The van der Waals surface area contributed by atoms with Gasteiger partial charge in [0.05, 0.1) is 5.75 Å². The van der Waals surface area contributed by atoms with Crippen molar-refractivity contribution in [2.75, 3.05) is 6.61 Å². The van der Waals surface area contributed by atoms with E-state index < -0.39 is 16.1 Å². The van der Waals surface area contributed by atoms with Crippen molar-refractivity contribution in [2.45, 2.75) is 38.3 Å². The van der Waals surface area contributed by atoms with Crippen molar-refractivity contribution in [1.29, 1.82) is 0 Å². The smallest absolute Gasteiger partial charge is 0.264 e. The molecule has 8 heteroatoms. The van der Waals surface area contributed by atoms with Gasteiger partial charge in [0.2, 0.25) is 16.1 Å². The second-order valence-corrected chi connectivity index (χ2v) is 8.68.